The molecular weight excluding hydrogens is 304 g/mol. The fourth-order valence-corrected chi connectivity index (χ4v) is 1.84. The van der Waals surface area contributed by atoms with E-state index in [0.29, 0.717) is 18.5 Å². The summed E-state index contributed by atoms with van der Waals surface area (Å²) in [6, 6.07) is 4.94. The number of halogens is 3. The number of alkyl halides is 2. The van der Waals surface area contributed by atoms with Crippen LogP contribution in [0.5, 0.6) is 5.75 Å². The molecule has 0 saturated heterocycles. The molecule has 0 aromatic heterocycles. The molecule has 0 fully saturated rings. The van der Waals surface area contributed by atoms with E-state index < -0.39 is 6.61 Å². The van der Waals surface area contributed by atoms with Crippen molar-refractivity contribution >= 4 is 15.9 Å². The number of ether oxygens (including phenoxy) is 1. The number of nitrogens with one attached hydrogen (secondary N) is 1. The van der Waals surface area contributed by atoms with Crippen LogP contribution in [0.1, 0.15) is 18.4 Å². The molecule has 0 radical (unpaired) electrons. The van der Waals surface area contributed by atoms with Gasteiger partial charge in [-0.05, 0) is 31.2 Å². The SMILES string of the molecule is C#CCCCNCc1cc(Br)ccc1OC(F)F. The predicted octanol–water partition coefficient (Wildman–Crippen LogP) is 3.55. The first kappa shape index (κ1) is 14.9. The van der Waals surface area contributed by atoms with Crippen LogP contribution in [-0.2, 0) is 6.54 Å². The van der Waals surface area contributed by atoms with Crippen molar-refractivity contribution in [3.05, 3.63) is 28.2 Å². The molecule has 18 heavy (non-hydrogen) atoms. The van der Waals surface area contributed by atoms with Gasteiger partial charge in [0, 0.05) is 23.0 Å². The molecule has 98 valence electrons. The van der Waals surface area contributed by atoms with Crippen molar-refractivity contribution in [1.82, 2.24) is 5.32 Å². The highest BCUT2D eigenvalue weighted by Gasteiger charge is 2.09. The number of terminal acetylenes is 1. The Bertz CT molecular complexity index is 418. The van der Waals surface area contributed by atoms with Crippen molar-refractivity contribution in [1.29, 1.82) is 0 Å². The lowest BCUT2D eigenvalue weighted by Crippen LogP contribution is -2.16. The maximum atomic E-state index is 12.2. The maximum Gasteiger partial charge on any atom is 0.387 e. The van der Waals surface area contributed by atoms with Gasteiger partial charge >= 0.3 is 6.61 Å². The fraction of sp³-hybridized carbons (Fsp3) is 0.385. The highest BCUT2D eigenvalue weighted by molar-refractivity contribution is 9.10. The normalized spacial score (nSPS) is 10.4. The Labute approximate surface area is 114 Å². The Morgan fingerprint density at radius 2 is 2.22 bits per heavy atom. The number of benzene rings is 1. The smallest absolute Gasteiger partial charge is 0.387 e. The lowest BCUT2D eigenvalue weighted by atomic mass is 10.2. The summed E-state index contributed by atoms with van der Waals surface area (Å²) in [6.07, 6.45) is 6.69. The third-order valence-electron chi connectivity index (χ3n) is 2.23. The van der Waals surface area contributed by atoms with Crippen LogP contribution in [0, 0.1) is 12.3 Å². The molecular formula is C13H14BrF2NO. The predicted molar refractivity (Wildman–Crippen MR) is 70.5 cm³/mol. The van der Waals surface area contributed by atoms with Crippen molar-refractivity contribution < 1.29 is 13.5 Å². The average Bonchev–Trinajstić information content (AvgIpc) is 2.31. The van der Waals surface area contributed by atoms with Gasteiger partial charge in [0.2, 0.25) is 0 Å². The molecule has 1 aromatic carbocycles. The summed E-state index contributed by atoms with van der Waals surface area (Å²) in [5.74, 6) is 2.73. The quantitative estimate of drug-likeness (QED) is 0.613. The molecule has 1 rings (SSSR count). The van der Waals surface area contributed by atoms with E-state index in [-0.39, 0.29) is 5.75 Å². The second-order valence-electron chi connectivity index (χ2n) is 3.62. The zero-order chi connectivity index (χ0) is 13.4. The van der Waals surface area contributed by atoms with Crippen molar-refractivity contribution in [2.45, 2.75) is 26.0 Å². The van der Waals surface area contributed by atoms with Crippen LogP contribution in [-0.4, -0.2) is 13.2 Å². The van der Waals surface area contributed by atoms with Crippen LogP contribution in [0.25, 0.3) is 0 Å². The van der Waals surface area contributed by atoms with Crippen molar-refractivity contribution in [3.63, 3.8) is 0 Å². The largest absolute Gasteiger partial charge is 0.434 e. The van der Waals surface area contributed by atoms with Gasteiger partial charge in [0.15, 0.2) is 0 Å². The summed E-state index contributed by atoms with van der Waals surface area (Å²) in [6.45, 7) is -1.61. The van der Waals surface area contributed by atoms with E-state index in [1.165, 1.54) is 6.07 Å². The summed E-state index contributed by atoms with van der Waals surface area (Å²) >= 11 is 3.30. The Morgan fingerprint density at radius 3 is 2.89 bits per heavy atom. The van der Waals surface area contributed by atoms with Crippen LogP contribution in [0.2, 0.25) is 0 Å². The van der Waals surface area contributed by atoms with E-state index in [9.17, 15) is 8.78 Å². The minimum atomic E-state index is -2.81. The van der Waals surface area contributed by atoms with E-state index in [1.807, 2.05) is 0 Å². The first-order chi connectivity index (χ1) is 8.63. The van der Waals surface area contributed by atoms with E-state index in [0.717, 1.165) is 17.4 Å². The molecule has 0 aliphatic rings. The van der Waals surface area contributed by atoms with Gasteiger partial charge in [0.1, 0.15) is 5.75 Å². The molecule has 2 nitrogen and oxygen atoms in total. The molecule has 0 saturated carbocycles. The summed E-state index contributed by atoms with van der Waals surface area (Å²) in [5.41, 5.74) is 0.686. The zero-order valence-corrected chi connectivity index (χ0v) is 11.3. The standard InChI is InChI=1S/C13H14BrF2NO/c1-2-3-4-7-17-9-10-8-11(14)5-6-12(10)18-13(15)16/h1,5-6,8,13,17H,3-4,7,9H2. The van der Waals surface area contributed by atoms with Crippen LogP contribution in [0.15, 0.2) is 22.7 Å². The van der Waals surface area contributed by atoms with Gasteiger partial charge in [-0.25, -0.2) is 0 Å². The van der Waals surface area contributed by atoms with E-state index in [2.05, 4.69) is 31.9 Å². The van der Waals surface area contributed by atoms with Gasteiger partial charge in [0.05, 0.1) is 0 Å². The monoisotopic (exact) mass is 317 g/mol. The van der Waals surface area contributed by atoms with E-state index in [4.69, 9.17) is 6.42 Å². The minimum Gasteiger partial charge on any atom is -0.434 e. The van der Waals surface area contributed by atoms with Gasteiger partial charge in [-0.2, -0.15) is 8.78 Å². The molecule has 0 unspecified atom stereocenters. The summed E-state index contributed by atoms with van der Waals surface area (Å²) in [4.78, 5) is 0. The maximum absolute atomic E-state index is 12.2. The number of rotatable bonds is 7. The third kappa shape index (κ3) is 5.48. The second-order valence-corrected chi connectivity index (χ2v) is 4.53. The molecule has 0 heterocycles. The van der Waals surface area contributed by atoms with Gasteiger partial charge in [-0.1, -0.05) is 15.9 Å². The van der Waals surface area contributed by atoms with Crippen molar-refractivity contribution in [2.24, 2.45) is 0 Å². The first-order valence-corrected chi connectivity index (χ1v) is 6.30. The zero-order valence-electron chi connectivity index (χ0n) is 9.76. The van der Waals surface area contributed by atoms with Gasteiger partial charge in [0.25, 0.3) is 0 Å². The molecule has 1 N–H and O–H groups in total. The lowest BCUT2D eigenvalue weighted by molar-refractivity contribution is -0.0505. The molecule has 5 heteroatoms. The topological polar surface area (TPSA) is 21.3 Å². The summed E-state index contributed by atoms with van der Waals surface area (Å²) in [7, 11) is 0. The molecule has 0 amide bonds. The summed E-state index contributed by atoms with van der Waals surface area (Å²) in [5, 5.41) is 3.14. The number of hydrogen-bond acceptors (Lipinski definition) is 2. The lowest BCUT2D eigenvalue weighted by Gasteiger charge is -2.11. The third-order valence-corrected chi connectivity index (χ3v) is 2.72. The van der Waals surface area contributed by atoms with Crippen molar-refractivity contribution in [3.8, 4) is 18.1 Å². The van der Waals surface area contributed by atoms with Gasteiger partial charge in [-0.15, -0.1) is 12.3 Å². The number of hydrogen-bond donors (Lipinski definition) is 1. The summed E-state index contributed by atoms with van der Waals surface area (Å²) < 4.78 is 29.7. The van der Waals surface area contributed by atoms with Gasteiger partial charge < -0.3 is 10.1 Å². The Kier molecular flexibility index (Phi) is 6.69. The van der Waals surface area contributed by atoms with Crippen molar-refractivity contribution in [2.75, 3.05) is 6.54 Å². The molecule has 0 aliphatic heterocycles. The fourth-order valence-electron chi connectivity index (χ4n) is 1.44. The Morgan fingerprint density at radius 1 is 1.44 bits per heavy atom. The van der Waals surface area contributed by atoms with E-state index in [1.54, 1.807) is 12.1 Å². The average molecular weight is 318 g/mol. The molecule has 0 spiro atoms. The van der Waals surface area contributed by atoms with Crippen LogP contribution in [0.4, 0.5) is 8.78 Å². The second kappa shape index (κ2) is 8.06. The van der Waals surface area contributed by atoms with Crippen LogP contribution < -0.4 is 10.1 Å². The minimum absolute atomic E-state index is 0.192. The number of unbranched alkanes of at least 4 members (excludes halogenated alkanes) is 1. The van der Waals surface area contributed by atoms with E-state index >= 15 is 0 Å². The van der Waals surface area contributed by atoms with Crippen LogP contribution in [0.3, 0.4) is 0 Å². The molecule has 0 atom stereocenters. The Hall–Kier alpha value is -1.12. The highest BCUT2D eigenvalue weighted by Crippen LogP contribution is 2.24. The Balaban J connectivity index is 2.56. The molecule has 1 aromatic rings. The molecule has 0 bridgehead atoms. The first-order valence-electron chi connectivity index (χ1n) is 5.51. The van der Waals surface area contributed by atoms with Crippen LogP contribution >= 0.6 is 15.9 Å². The van der Waals surface area contributed by atoms with Gasteiger partial charge in [-0.3, -0.25) is 0 Å². The molecule has 0 aliphatic carbocycles. The highest BCUT2D eigenvalue weighted by atomic mass is 79.9.